The number of anilines is 1. The molecule has 1 aromatic heterocycles. The lowest BCUT2D eigenvalue weighted by Gasteiger charge is -2.06. The topological polar surface area (TPSA) is 38.9 Å². The molecule has 0 unspecified atom stereocenters. The van der Waals surface area contributed by atoms with Gasteiger partial charge in [-0.1, -0.05) is 35.5 Å². The molecule has 5 heteroatoms. The molecule has 0 radical (unpaired) electrons. The molecule has 0 saturated heterocycles. The number of thiazole rings is 1. The first-order chi connectivity index (χ1) is 9.13. The Kier molecular flexibility index (Phi) is 3.39. The van der Waals surface area contributed by atoms with Gasteiger partial charge >= 0.3 is 0 Å². The zero-order valence-electron chi connectivity index (χ0n) is 10.2. The number of nitrogens with zero attached hydrogens (tertiary/aromatic N) is 1. The van der Waals surface area contributed by atoms with Crippen LogP contribution in [-0.2, 0) is 0 Å². The normalized spacial score (nSPS) is 11.1. The van der Waals surface area contributed by atoms with Crippen LogP contribution in [-0.4, -0.2) is 4.98 Å². The summed E-state index contributed by atoms with van der Waals surface area (Å²) in [4.78, 5) is 6.49. The largest absolute Gasteiger partial charge is 0.398 e. The second-order valence-electron chi connectivity index (χ2n) is 4.12. The van der Waals surface area contributed by atoms with E-state index >= 15 is 0 Å². The average Bonchev–Trinajstić information content (AvgIpc) is 2.71. The monoisotopic (exact) mass is 306 g/mol. The molecule has 0 spiro atoms. The lowest BCUT2D eigenvalue weighted by Crippen LogP contribution is -1.88. The zero-order valence-corrected chi connectivity index (χ0v) is 12.6. The van der Waals surface area contributed by atoms with Crippen LogP contribution in [0.2, 0.25) is 5.02 Å². The van der Waals surface area contributed by atoms with Gasteiger partial charge in [0.25, 0.3) is 0 Å². The van der Waals surface area contributed by atoms with E-state index in [2.05, 4.69) is 4.98 Å². The number of nitrogens with two attached hydrogens (primary N) is 1. The molecule has 3 aromatic rings. The summed E-state index contributed by atoms with van der Waals surface area (Å²) in [6, 6.07) is 11.8. The summed E-state index contributed by atoms with van der Waals surface area (Å²) in [6.07, 6.45) is 0. The highest BCUT2D eigenvalue weighted by Gasteiger charge is 2.09. The van der Waals surface area contributed by atoms with Gasteiger partial charge in [-0.15, -0.1) is 11.3 Å². The highest BCUT2D eigenvalue weighted by Crippen LogP contribution is 2.38. The maximum Gasteiger partial charge on any atom is 0.0907 e. The van der Waals surface area contributed by atoms with Crippen LogP contribution in [0.5, 0.6) is 0 Å². The van der Waals surface area contributed by atoms with Crippen molar-refractivity contribution in [3.05, 3.63) is 46.4 Å². The minimum atomic E-state index is 0.737. The number of aryl methyl sites for hydroxylation is 1. The summed E-state index contributed by atoms with van der Waals surface area (Å²) >= 11 is 9.40. The van der Waals surface area contributed by atoms with Gasteiger partial charge in [0, 0.05) is 15.5 Å². The van der Waals surface area contributed by atoms with Gasteiger partial charge in [-0.2, -0.15) is 0 Å². The SMILES string of the molecule is Cc1nc2cc(Sc3ccccc3Cl)c(N)cc2s1. The number of benzene rings is 2. The minimum absolute atomic E-state index is 0.737. The smallest absolute Gasteiger partial charge is 0.0907 e. The maximum absolute atomic E-state index is 6.17. The number of aromatic nitrogens is 1. The van der Waals surface area contributed by atoms with Crippen molar-refractivity contribution in [2.75, 3.05) is 5.73 Å². The highest BCUT2D eigenvalue weighted by atomic mass is 35.5. The Morgan fingerprint density at radius 3 is 2.79 bits per heavy atom. The fraction of sp³-hybridized carbons (Fsp3) is 0.0714. The summed E-state index contributed by atoms with van der Waals surface area (Å²) < 4.78 is 1.12. The molecule has 2 nitrogen and oxygen atoms in total. The number of nitrogen functional groups attached to an aromatic ring is 1. The lowest BCUT2D eigenvalue weighted by atomic mass is 10.3. The quantitative estimate of drug-likeness (QED) is 0.678. The van der Waals surface area contributed by atoms with E-state index in [1.54, 1.807) is 23.1 Å². The van der Waals surface area contributed by atoms with Crippen LogP contribution in [0.4, 0.5) is 5.69 Å². The van der Waals surface area contributed by atoms with Crippen LogP contribution in [0.15, 0.2) is 46.2 Å². The predicted molar refractivity (Wildman–Crippen MR) is 84.3 cm³/mol. The molecule has 0 atom stereocenters. The lowest BCUT2D eigenvalue weighted by molar-refractivity contribution is 1.33. The van der Waals surface area contributed by atoms with E-state index in [0.717, 1.165) is 35.7 Å². The first-order valence-corrected chi connectivity index (χ1v) is 7.73. The predicted octanol–water partition coefficient (Wildman–Crippen LogP) is 4.99. The number of hydrogen-bond donors (Lipinski definition) is 1. The van der Waals surface area contributed by atoms with Crippen LogP contribution in [0.25, 0.3) is 10.2 Å². The van der Waals surface area contributed by atoms with Crippen LogP contribution in [0.1, 0.15) is 5.01 Å². The van der Waals surface area contributed by atoms with Gasteiger partial charge in [-0.3, -0.25) is 0 Å². The molecular formula is C14H11ClN2S2. The number of halogens is 1. The van der Waals surface area contributed by atoms with Crippen molar-refractivity contribution >= 4 is 50.6 Å². The molecule has 0 saturated carbocycles. The molecule has 0 aliphatic rings. The number of hydrogen-bond acceptors (Lipinski definition) is 4. The molecule has 2 N–H and O–H groups in total. The van der Waals surface area contributed by atoms with Crippen molar-refractivity contribution in [1.82, 2.24) is 4.98 Å². The van der Waals surface area contributed by atoms with Gasteiger partial charge in [0.05, 0.1) is 20.2 Å². The van der Waals surface area contributed by atoms with Crippen LogP contribution in [0, 0.1) is 6.92 Å². The summed E-state index contributed by atoms with van der Waals surface area (Å²) in [7, 11) is 0. The molecule has 3 rings (SSSR count). The fourth-order valence-corrected chi connectivity index (χ4v) is 3.83. The minimum Gasteiger partial charge on any atom is -0.398 e. The van der Waals surface area contributed by atoms with Crippen molar-refractivity contribution in [2.24, 2.45) is 0 Å². The first kappa shape index (κ1) is 12.8. The number of fused-ring (bicyclic) bond motifs is 1. The summed E-state index contributed by atoms with van der Waals surface area (Å²) in [5.41, 5.74) is 7.87. The fourth-order valence-electron chi connectivity index (χ4n) is 1.82. The second kappa shape index (κ2) is 5.04. The molecule has 1 heterocycles. The highest BCUT2D eigenvalue weighted by molar-refractivity contribution is 7.99. The Hall–Kier alpha value is -1.23. The van der Waals surface area contributed by atoms with Gasteiger partial charge in [-0.05, 0) is 31.2 Å². The van der Waals surface area contributed by atoms with Crippen LogP contribution < -0.4 is 5.73 Å². The van der Waals surface area contributed by atoms with E-state index in [-0.39, 0.29) is 0 Å². The molecule has 0 fully saturated rings. The molecule has 0 aliphatic carbocycles. The van der Waals surface area contributed by atoms with Crippen LogP contribution in [0.3, 0.4) is 0 Å². The van der Waals surface area contributed by atoms with Crippen molar-refractivity contribution < 1.29 is 0 Å². The first-order valence-electron chi connectivity index (χ1n) is 5.72. The maximum atomic E-state index is 6.17. The van der Waals surface area contributed by atoms with Crippen molar-refractivity contribution in [2.45, 2.75) is 16.7 Å². The Balaban J connectivity index is 2.05. The third-order valence-corrected chi connectivity index (χ3v) is 5.21. The van der Waals surface area contributed by atoms with Crippen LogP contribution >= 0.6 is 34.7 Å². The van der Waals surface area contributed by atoms with E-state index in [0.29, 0.717) is 0 Å². The van der Waals surface area contributed by atoms with Gasteiger partial charge in [0.1, 0.15) is 0 Å². The van der Waals surface area contributed by atoms with Gasteiger partial charge in [0.15, 0.2) is 0 Å². The molecule has 19 heavy (non-hydrogen) atoms. The van der Waals surface area contributed by atoms with Gasteiger partial charge in [-0.25, -0.2) is 4.98 Å². The van der Waals surface area contributed by atoms with E-state index in [1.165, 1.54) is 0 Å². The molecule has 0 aliphatic heterocycles. The number of rotatable bonds is 2. The van der Waals surface area contributed by atoms with Crippen molar-refractivity contribution in [3.8, 4) is 0 Å². The molecule has 0 bridgehead atoms. The van der Waals surface area contributed by atoms with E-state index < -0.39 is 0 Å². The second-order valence-corrected chi connectivity index (χ2v) is 6.85. The molecule has 96 valence electrons. The Bertz CT molecular complexity index is 752. The van der Waals surface area contributed by atoms with Gasteiger partial charge in [0.2, 0.25) is 0 Å². The summed E-state index contributed by atoms with van der Waals surface area (Å²) in [5, 5.41) is 1.79. The third kappa shape index (κ3) is 2.56. The van der Waals surface area contributed by atoms with E-state index in [4.69, 9.17) is 17.3 Å². The Morgan fingerprint density at radius 1 is 1.21 bits per heavy atom. The molecular weight excluding hydrogens is 296 g/mol. The average molecular weight is 307 g/mol. The summed E-state index contributed by atoms with van der Waals surface area (Å²) in [5.74, 6) is 0. The van der Waals surface area contributed by atoms with E-state index in [9.17, 15) is 0 Å². The summed E-state index contributed by atoms with van der Waals surface area (Å²) in [6.45, 7) is 2.00. The Labute approximate surface area is 124 Å². The standard InChI is InChI=1S/C14H11ClN2S2/c1-8-17-11-7-13(10(16)6-14(11)18-8)19-12-5-3-2-4-9(12)15/h2-7H,16H2,1H3. The van der Waals surface area contributed by atoms with Gasteiger partial charge < -0.3 is 5.73 Å². The molecule has 0 amide bonds. The Morgan fingerprint density at radius 2 is 2.00 bits per heavy atom. The van der Waals surface area contributed by atoms with Crippen molar-refractivity contribution in [1.29, 1.82) is 0 Å². The zero-order chi connectivity index (χ0) is 13.4. The van der Waals surface area contributed by atoms with E-state index in [1.807, 2.05) is 43.3 Å². The third-order valence-electron chi connectivity index (χ3n) is 2.68. The molecule has 2 aromatic carbocycles. The van der Waals surface area contributed by atoms with Crippen molar-refractivity contribution in [3.63, 3.8) is 0 Å².